The van der Waals surface area contributed by atoms with Gasteiger partial charge in [0.15, 0.2) is 0 Å². The van der Waals surface area contributed by atoms with Gasteiger partial charge in [0.1, 0.15) is 17.1 Å². The number of nitrogens with zero attached hydrogens (tertiary/aromatic N) is 2. The molecule has 4 rings (SSSR count). The fraction of sp³-hybridized carbons (Fsp3) is 0.429. The molecule has 0 aliphatic heterocycles. The Balaban J connectivity index is 1.47. The molecular weight excluding hydrogens is 465 g/mol. The molecule has 8 heteroatoms. The Labute approximate surface area is 210 Å². The summed E-state index contributed by atoms with van der Waals surface area (Å²) in [7, 11) is 0. The van der Waals surface area contributed by atoms with E-state index in [2.05, 4.69) is 27.5 Å². The van der Waals surface area contributed by atoms with Gasteiger partial charge in [0.25, 0.3) is 0 Å². The van der Waals surface area contributed by atoms with Gasteiger partial charge in [0.05, 0.1) is 6.10 Å². The van der Waals surface area contributed by atoms with Crippen LogP contribution in [0.2, 0.25) is 0 Å². The SMILES string of the molecule is CCCCCCc1ccc(Nc2ncc(C(F)(F)F)c(Nc3cccc(OC4CCCC4)c3)n2)cc1. The Hall–Kier alpha value is -3.29. The second-order valence-electron chi connectivity index (χ2n) is 9.26. The van der Waals surface area contributed by atoms with E-state index in [1.54, 1.807) is 18.2 Å². The highest BCUT2D eigenvalue weighted by atomic mass is 19.4. The van der Waals surface area contributed by atoms with Crippen LogP contribution in [-0.4, -0.2) is 16.1 Å². The van der Waals surface area contributed by atoms with Gasteiger partial charge in [-0.2, -0.15) is 18.2 Å². The summed E-state index contributed by atoms with van der Waals surface area (Å²) < 4.78 is 47.1. The first kappa shape index (κ1) is 25.8. The lowest BCUT2D eigenvalue weighted by Crippen LogP contribution is -2.13. The average molecular weight is 499 g/mol. The van der Waals surface area contributed by atoms with Crippen LogP contribution in [0.4, 0.5) is 36.3 Å². The summed E-state index contributed by atoms with van der Waals surface area (Å²) in [5.41, 5.74) is 1.47. The standard InChI is InChI=1S/C28H33F3N4O/c1-2-3-4-5-9-20-14-16-21(17-15-20)34-27-32-19-25(28(29,30)31)26(35-27)33-22-10-8-13-24(18-22)36-23-11-6-7-12-23/h8,10,13-19,23H,2-7,9,11-12H2,1H3,(H2,32,33,34,35). The van der Waals surface area contributed by atoms with E-state index in [9.17, 15) is 13.2 Å². The molecule has 1 saturated carbocycles. The molecule has 1 aromatic heterocycles. The number of nitrogens with one attached hydrogen (secondary N) is 2. The highest BCUT2D eigenvalue weighted by molar-refractivity contribution is 5.64. The first-order chi connectivity index (χ1) is 17.4. The van der Waals surface area contributed by atoms with Crippen LogP contribution in [0.1, 0.15) is 69.4 Å². The molecular formula is C28H33F3N4O. The molecule has 1 fully saturated rings. The molecule has 2 N–H and O–H groups in total. The molecule has 36 heavy (non-hydrogen) atoms. The minimum absolute atomic E-state index is 0.0829. The van der Waals surface area contributed by atoms with Gasteiger partial charge >= 0.3 is 6.18 Å². The third kappa shape index (κ3) is 7.35. The fourth-order valence-corrected chi connectivity index (χ4v) is 4.37. The van der Waals surface area contributed by atoms with E-state index in [-0.39, 0.29) is 17.9 Å². The predicted octanol–water partition coefficient (Wildman–Crippen LogP) is 8.43. The summed E-state index contributed by atoms with van der Waals surface area (Å²) in [6.07, 6.45) is 6.42. The van der Waals surface area contributed by atoms with E-state index in [0.717, 1.165) is 44.7 Å². The van der Waals surface area contributed by atoms with Crippen LogP contribution in [-0.2, 0) is 12.6 Å². The Bertz CT molecular complexity index is 1110. The van der Waals surface area contributed by atoms with Crippen molar-refractivity contribution in [1.29, 1.82) is 0 Å². The van der Waals surface area contributed by atoms with E-state index in [0.29, 0.717) is 17.1 Å². The quantitative estimate of drug-likeness (QED) is 0.260. The Morgan fingerprint density at radius 2 is 1.72 bits per heavy atom. The Morgan fingerprint density at radius 3 is 2.44 bits per heavy atom. The van der Waals surface area contributed by atoms with Crippen molar-refractivity contribution in [2.75, 3.05) is 10.6 Å². The van der Waals surface area contributed by atoms with Crippen LogP contribution in [0.15, 0.2) is 54.7 Å². The maximum Gasteiger partial charge on any atom is 0.421 e. The molecule has 0 radical (unpaired) electrons. The van der Waals surface area contributed by atoms with Gasteiger partial charge in [-0.1, -0.05) is 44.4 Å². The van der Waals surface area contributed by atoms with Crippen molar-refractivity contribution in [3.63, 3.8) is 0 Å². The minimum atomic E-state index is -4.60. The Kier molecular flexibility index (Phi) is 8.67. The van der Waals surface area contributed by atoms with Crippen LogP contribution >= 0.6 is 0 Å². The van der Waals surface area contributed by atoms with Crippen LogP contribution in [0.25, 0.3) is 0 Å². The zero-order valence-electron chi connectivity index (χ0n) is 20.6. The number of ether oxygens (including phenoxy) is 1. The first-order valence-corrected chi connectivity index (χ1v) is 12.7. The molecule has 5 nitrogen and oxygen atoms in total. The highest BCUT2D eigenvalue weighted by Gasteiger charge is 2.35. The van der Waals surface area contributed by atoms with E-state index < -0.39 is 11.7 Å². The van der Waals surface area contributed by atoms with Crippen molar-refractivity contribution in [2.45, 2.75) is 77.0 Å². The van der Waals surface area contributed by atoms with Gasteiger partial charge in [-0.3, -0.25) is 0 Å². The maximum absolute atomic E-state index is 13.7. The van der Waals surface area contributed by atoms with Crippen molar-refractivity contribution < 1.29 is 17.9 Å². The first-order valence-electron chi connectivity index (χ1n) is 12.7. The summed E-state index contributed by atoms with van der Waals surface area (Å²) in [4.78, 5) is 8.08. The molecule has 0 spiro atoms. The van der Waals surface area contributed by atoms with Crippen LogP contribution in [0.3, 0.4) is 0 Å². The summed E-state index contributed by atoms with van der Waals surface area (Å²) in [5, 5.41) is 5.84. The number of benzene rings is 2. The van der Waals surface area contributed by atoms with E-state index in [4.69, 9.17) is 4.74 Å². The summed E-state index contributed by atoms with van der Waals surface area (Å²) in [6, 6.07) is 14.8. The normalized spacial score (nSPS) is 14.1. The van der Waals surface area contributed by atoms with Crippen molar-refractivity contribution in [3.8, 4) is 5.75 Å². The second-order valence-corrected chi connectivity index (χ2v) is 9.26. The van der Waals surface area contributed by atoms with Crippen molar-refractivity contribution >= 4 is 23.1 Å². The van der Waals surface area contributed by atoms with Crippen LogP contribution < -0.4 is 15.4 Å². The largest absolute Gasteiger partial charge is 0.490 e. The lowest BCUT2D eigenvalue weighted by Gasteiger charge is -2.17. The van der Waals surface area contributed by atoms with Gasteiger partial charge in [0, 0.05) is 23.6 Å². The fourth-order valence-electron chi connectivity index (χ4n) is 4.37. The number of hydrogen-bond acceptors (Lipinski definition) is 5. The van der Waals surface area contributed by atoms with Crippen LogP contribution in [0, 0.1) is 0 Å². The monoisotopic (exact) mass is 498 g/mol. The predicted molar refractivity (Wildman–Crippen MR) is 137 cm³/mol. The molecule has 2 aromatic carbocycles. The van der Waals surface area contributed by atoms with Crippen molar-refractivity contribution in [2.24, 2.45) is 0 Å². The molecule has 3 aromatic rings. The third-order valence-corrected chi connectivity index (χ3v) is 6.32. The highest BCUT2D eigenvalue weighted by Crippen LogP contribution is 2.36. The van der Waals surface area contributed by atoms with Gasteiger partial charge < -0.3 is 15.4 Å². The number of unbranched alkanes of at least 4 members (excludes halogenated alkanes) is 3. The molecule has 0 bridgehead atoms. The molecule has 0 unspecified atom stereocenters. The lowest BCUT2D eigenvalue weighted by molar-refractivity contribution is -0.137. The zero-order valence-corrected chi connectivity index (χ0v) is 20.6. The topological polar surface area (TPSA) is 59.1 Å². The molecule has 0 atom stereocenters. The number of halogens is 3. The average Bonchev–Trinajstić information content (AvgIpc) is 3.36. The number of rotatable bonds is 11. The summed E-state index contributed by atoms with van der Waals surface area (Å²) >= 11 is 0. The van der Waals surface area contributed by atoms with Gasteiger partial charge in [-0.25, -0.2) is 4.98 Å². The Morgan fingerprint density at radius 1 is 0.944 bits per heavy atom. The molecule has 1 aliphatic rings. The van der Waals surface area contributed by atoms with E-state index >= 15 is 0 Å². The van der Waals surface area contributed by atoms with Crippen LogP contribution in [0.5, 0.6) is 5.75 Å². The van der Waals surface area contributed by atoms with E-state index in [1.807, 2.05) is 30.3 Å². The van der Waals surface area contributed by atoms with Crippen molar-refractivity contribution in [3.05, 3.63) is 65.9 Å². The number of aromatic nitrogens is 2. The van der Waals surface area contributed by atoms with Gasteiger partial charge in [-0.05, 0) is 68.4 Å². The lowest BCUT2D eigenvalue weighted by atomic mass is 10.1. The zero-order chi connectivity index (χ0) is 25.4. The minimum Gasteiger partial charge on any atom is -0.490 e. The van der Waals surface area contributed by atoms with Gasteiger partial charge in [0.2, 0.25) is 5.95 Å². The molecule has 192 valence electrons. The molecule has 0 amide bonds. The number of anilines is 4. The molecule has 0 saturated heterocycles. The van der Waals surface area contributed by atoms with Gasteiger partial charge in [-0.15, -0.1) is 0 Å². The third-order valence-electron chi connectivity index (χ3n) is 6.32. The number of alkyl halides is 3. The summed E-state index contributed by atoms with van der Waals surface area (Å²) in [5.74, 6) is 0.396. The number of aryl methyl sites for hydroxylation is 1. The molecule has 1 aliphatic carbocycles. The number of hydrogen-bond donors (Lipinski definition) is 2. The smallest absolute Gasteiger partial charge is 0.421 e. The van der Waals surface area contributed by atoms with Crippen molar-refractivity contribution in [1.82, 2.24) is 9.97 Å². The summed E-state index contributed by atoms with van der Waals surface area (Å²) in [6.45, 7) is 2.19. The van der Waals surface area contributed by atoms with E-state index in [1.165, 1.54) is 24.8 Å². The maximum atomic E-state index is 13.7. The second kappa shape index (κ2) is 12.1. The molecule has 1 heterocycles.